The van der Waals surface area contributed by atoms with Crippen molar-refractivity contribution >= 4 is 29.4 Å². The largest absolute Gasteiger partial charge is 0.481 e. The Morgan fingerprint density at radius 3 is 2.62 bits per heavy atom. The topological polar surface area (TPSA) is 133 Å². The third-order valence-corrected chi connectivity index (χ3v) is 2.98. The number of carboxylic acid groups (broad SMARTS) is 2. The lowest BCUT2D eigenvalue weighted by Crippen LogP contribution is -2.42. The number of amides is 2. The van der Waals surface area contributed by atoms with Crippen LogP contribution in [0.5, 0.6) is 0 Å². The SMILES string of the molecule is O=C(O)C[C@@H](NC(=O)c1ccc2c(c1)NC(=O)C2)C(=O)O. The van der Waals surface area contributed by atoms with Crippen molar-refractivity contribution in [2.45, 2.75) is 18.9 Å². The van der Waals surface area contributed by atoms with Crippen molar-refractivity contribution in [3.05, 3.63) is 29.3 Å². The van der Waals surface area contributed by atoms with Gasteiger partial charge in [0.15, 0.2) is 0 Å². The molecule has 21 heavy (non-hydrogen) atoms. The number of hydrogen-bond donors (Lipinski definition) is 4. The van der Waals surface area contributed by atoms with Gasteiger partial charge in [-0.2, -0.15) is 0 Å². The maximum atomic E-state index is 11.9. The minimum Gasteiger partial charge on any atom is -0.481 e. The van der Waals surface area contributed by atoms with E-state index in [-0.39, 0.29) is 17.9 Å². The maximum absolute atomic E-state index is 11.9. The number of benzene rings is 1. The zero-order valence-corrected chi connectivity index (χ0v) is 10.8. The number of anilines is 1. The van der Waals surface area contributed by atoms with Crippen LogP contribution < -0.4 is 10.6 Å². The molecule has 1 aromatic rings. The monoisotopic (exact) mass is 292 g/mol. The molecule has 1 aliphatic heterocycles. The van der Waals surface area contributed by atoms with Crippen molar-refractivity contribution in [3.8, 4) is 0 Å². The van der Waals surface area contributed by atoms with E-state index in [0.717, 1.165) is 5.56 Å². The molecule has 1 atom stereocenters. The fourth-order valence-electron chi connectivity index (χ4n) is 1.97. The van der Waals surface area contributed by atoms with Gasteiger partial charge in [-0.1, -0.05) is 6.07 Å². The first kappa shape index (κ1) is 14.5. The third kappa shape index (κ3) is 3.35. The Morgan fingerprint density at radius 2 is 2.00 bits per heavy atom. The molecule has 4 N–H and O–H groups in total. The minimum atomic E-state index is -1.52. The Morgan fingerprint density at radius 1 is 1.29 bits per heavy atom. The van der Waals surface area contributed by atoms with Crippen molar-refractivity contribution in [2.75, 3.05) is 5.32 Å². The van der Waals surface area contributed by atoms with Crippen LogP contribution in [0.25, 0.3) is 0 Å². The van der Waals surface area contributed by atoms with E-state index < -0.39 is 30.3 Å². The van der Waals surface area contributed by atoms with E-state index in [1.165, 1.54) is 12.1 Å². The number of fused-ring (bicyclic) bond motifs is 1. The standard InChI is InChI=1S/C13H12N2O6/c16-10-4-6-1-2-7(3-8(6)14-10)12(19)15-9(13(20)21)5-11(17)18/h1-3,9H,4-5H2,(H,14,16)(H,15,19)(H,17,18)(H,20,21)/t9-/m1/s1. The zero-order valence-electron chi connectivity index (χ0n) is 10.8. The van der Waals surface area contributed by atoms with Crippen LogP contribution in [0.1, 0.15) is 22.3 Å². The highest BCUT2D eigenvalue weighted by Crippen LogP contribution is 2.24. The van der Waals surface area contributed by atoms with Gasteiger partial charge < -0.3 is 20.8 Å². The Labute approximate surface area is 118 Å². The maximum Gasteiger partial charge on any atom is 0.326 e. The van der Waals surface area contributed by atoms with Gasteiger partial charge in [0.25, 0.3) is 5.91 Å². The van der Waals surface area contributed by atoms with Crippen LogP contribution in [-0.2, 0) is 20.8 Å². The smallest absolute Gasteiger partial charge is 0.326 e. The van der Waals surface area contributed by atoms with E-state index in [1.807, 2.05) is 0 Å². The van der Waals surface area contributed by atoms with E-state index in [2.05, 4.69) is 10.6 Å². The summed E-state index contributed by atoms with van der Waals surface area (Å²) in [5, 5.41) is 22.2. The summed E-state index contributed by atoms with van der Waals surface area (Å²) >= 11 is 0. The molecule has 2 amide bonds. The average Bonchev–Trinajstić information content (AvgIpc) is 2.76. The molecule has 2 rings (SSSR count). The molecule has 0 unspecified atom stereocenters. The van der Waals surface area contributed by atoms with Crippen LogP contribution in [0.3, 0.4) is 0 Å². The molecule has 0 saturated heterocycles. The fourth-order valence-corrected chi connectivity index (χ4v) is 1.97. The number of aliphatic carboxylic acids is 2. The van der Waals surface area contributed by atoms with Gasteiger partial charge in [-0.05, 0) is 17.7 Å². The highest BCUT2D eigenvalue weighted by Gasteiger charge is 2.25. The first-order chi connectivity index (χ1) is 9.86. The summed E-state index contributed by atoms with van der Waals surface area (Å²) in [5.41, 5.74) is 1.39. The fraction of sp³-hybridized carbons (Fsp3) is 0.231. The highest BCUT2D eigenvalue weighted by molar-refractivity contribution is 6.03. The Kier molecular flexibility index (Phi) is 3.88. The first-order valence-electron chi connectivity index (χ1n) is 6.05. The van der Waals surface area contributed by atoms with Gasteiger partial charge in [0.05, 0.1) is 12.8 Å². The van der Waals surface area contributed by atoms with Crippen LogP contribution in [0.15, 0.2) is 18.2 Å². The second kappa shape index (κ2) is 5.61. The second-order valence-electron chi connectivity index (χ2n) is 4.56. The van der Waals surface area contributed by atoms with E-state index in [1.54, 1.807) is 6.07 Å². The van der Waals surface area contributed by atoms with Gasteiger partial charge in [0.1, 0.15) is 6.04 Å². The molecule has 0 radical (unpaired) electrons. The third-order valence-electron chi connectivity index (χ3n) is 2.98. The minimum absolute atomic E-state index is 0.146. The number of hydrogen-bond acceptors (Lipinski definition) is 4. The molecule has 110 valence electrons. The summed E-state index contributed by atoms with van der Waals surface area (Å²) in [6.45, 7) is 0. The van der Waals surface area contributed by atoms with Gasteiger partial charge in [-0.3, -0.25) is 14.4 Å². The van der Waals surface area contributed by atoms with E-state index in [4.69, 9.17) is 10.2 Å². The summed E-state index contributed by atoms with van der Waals surface area (Å²) < 4.78 is 0. The summed E-state index contributed by atoms with van der Waals surface area (Å²) in [5.74, 6) is -3.66. The van der Waals surface area contributed by atoms with Gasteiger partial charge in [-0.25, -0.2) is 4.79 Å². The molecule has 8 nitrogen and oxygen atoms in total. The normalized spacial score (nSPS) is 14.0. The van der Waals surface area contributed by atoms with Gasteiger partial charge in [0.2, 0.25) is 5.91 Å². The quantitative estimate of drug-likeness (QED) is 0.596. The summed E-state index contributed by atoms with van der Waals surface area (Å²) in [6.07, 6.45) is -0.489. The molecule has 1 heterocycles. The molecule has 0 aliphatic carbocycles. The summed E-state index contributed by atoms with van der Waals surface area (Å²) in [7, 11) is 0. The van der Waals surface area contributed by atoms with Crippen molar-refractivity contribution in [3.63, 3.8) is 0 Å². The summed E-state index contributed by atoms with van der Waals surface area (Å²) in [6, 6.07) is 2.95. The van der Waals surface area contributed by atoms with Crippen molar-refractivity contribution in [2.24, 2.45) is 0 Å². The van der Waals surface area contributed by atoms with Crippen molar-refractivity contribution in [1.82, 2.24) is 5.32 Å². The van der Waals surface area contributed by atoms with Crippen molar-refractivity contribution < 1.29 is 29.4 Å². The van der Waals surface area contributed by atoms with Crippen LogP contribution in [0.4, 0.5) is 5.69 Å². The van der Waals surface area contributed by atoms with E-state index in [9.17, 15) is 19.2 Å². The molecular formula is C13H12N2O6. The van der Waals surface area contributed by atoms with Crippen LogP contribution in [0.2, 0.25) is 0 Å². The zero-order chi connectivity index (χ0) is 15.6. The molecule has 0 fully saturated rings. The average molecular weight is 292 g/mol. The lowest BCUT2D eigenvalue weighted by Gasteiger charge is -2.12. The summed E-state index contributed by atoms with van der Waals surface area (Å²) in [4.78, 5) is 44.6. The number of carbonyl (C=O) groups excluding carboxylic acids is 2. The molecule has 0 aromatic heterocycles. The molecular weight excluding hydrogens is 280 g/mol. The number of nitrogens with one attached hydrogen (secondary N) is 2. The molecule has 0 spiro atoms. The van der Waals surface area contributed by atoms with E-state index >= 15 is 0 Å². The Bertz CT molecular complexity index is 640. The van der Waals surface area contributed by atoms with Crippen LogP contribution in [-0.4, -0.2) is 40.0 Å². The molecule has 0 saturated carbocycles. The lowest BCUT2D eigenvalue weighted by atomic mass is 10.1. The number of carbonyl (C=O) groups is 4. The van der Waals surface area contributed by atoms with Gasteiger partial charge >= 0.3 is 11.9 Å². The van der Waals surface area contributed by atoms with Crippen LogP contribution >= 0.6 is 0 Å². The molecule has 1 aromatic carbocycles. The predicted octanol–water partition coefficient (Wildman–Crippen LogP) is -0.161. The lowest BCUT2D eigenvalue weighted by molar-refractivity contribution is -0.145. The van der Waals surface area contributed by atoms with Crippen LogP contribution in [0, 0.1) is 0 Å². The molecule has 1 aliphatic rings. The Hall–Kier alpha value is -2.90. The van der Waals surface area contributed by atoms with Gasteiger partial charge in [-0.15, -0.1) is 0 Å². The Balaban J connectivity index is 2.13. The van der Waals surface area contributed by atoms with E-state index in [0.29, 0.717) is 5.69 Å². The second-order valence-corrected chi connectivity index (χ2v) is 4.56. The van der Waals surface area contributed by atoms with Gasteiger partial charge in [0, 0.05) is 11.3 Å². The molecule has 0 bridgehead atoms. The molecule has 8 heteroatoms. The predicted molar refractivity (Wildman–Crippen MR) is 69.9 cm³/mol. The first-order valence-corrected chi connectivity index (χ1v) is 6.05. The van der Waals surface area contributed by atoms with Crippen molar-refractivity contribution in [1.29, 1.82) is 0 Å². The highest BCUT2D eigenvalue weighted by atomic mass is 16.4. The number of rotatable bonds is 5. The number of carboxylic acids is 2.